The number of hydrogen-bond donors (Lipinski definition) is 2. The number of nitriles is 1. The van der Waals surface area contributed by atoms with Gasteiger partial charge in [-0.15, -0.1) is 0 Å². The quantitative estimate of drug-likeness (QED) is 0.203. The lowest BCUT2D eigenvalue weighted by molar-refractivity contribution is -0.134. The van der Waals surface area contributed by atoms with E-state index in [-0.39, 0.29) is 38.0 Å². The van der Waals surface area contributed by atoms with E-state index in [1.165, 1.54) is 0 Å². The Hall–Kier alpha value is -5.04. The summed E-state index contributed by atoms with van der Waals surface area (Å²) in [5.74, 6) is 1.80. The van der Waals surface area contributed by atoms with Crippen LogP contribution < -0.4 is 29.6 Å². The normalized spacial score (nSPS) is 15.5. The van der Waals surface area contributed by atoms with E-state index < -0.39 is 6.04 Å². The fourth-order valence-electron chi connectivity index (χ4n) is 5.49. The SMILES string of the molecule is Cc1c(COc2cc(OCc3cccc(C#N)c3)c(CNC3CCC(=O)NC3=O)cc2Cl)cccc1-c1ccc2c(c1)OCCO2. The van der Waals surface area contributed by atoms with Crippen LogP contribution in [0.3, 0.4) is 0 Å². The van der Waals surface area contributed by atoms with Gasteiger partial charge in [-0.25, -0.2) is 0 Å². The Morgan fingerprint density at radius 2 is 1.74 bits per heavy atom. The molecule has 1 atom stereocenters. The summed E-state index contributed by atoms with van der Waals surface area (Å²) in [7, 11) is 0. The summed E-state index contributed by atoms with van der Waals surface area (Å²) in [5.41, 5.74) is 6.21. The average Bonchev–Trinajstić information content (AvgIpc) is 3.07. The van der Waals surface area contributed by atoms with Gasteiger partial charge in [0.2, 0.25) is 11.8 Å². The topological polar surface area (TPSA) is 119 Å². The summed E-state index contributed by atoms with van der Waals surface area (Å²) < 4.78 is 24.0. The van der Waals surface area contributed by atoms with Crippen molar-refractivity contribution in [1.82, 2.24) is 10.6 Å². The Morgan fingerprint density at radius 1 is 0.935 bits per heavy atom. The molecule has 10 heteroatoms. The van der Waals surface area contributed by atoms with Gasteiger partial charge in [0, 0.05) is 24.6 Å². The minimum absolute atomic E-state index is 0.207. The molecule has 234 valence electrons. The molecule has 2 heterocycles. The van der Waals surface area contributed by atoms with Gasteiger partial charge >= 0.3 is 0 Å². The van der Waals surface area contributed by atoms with Crippen LogP contribution in [-0.4, -0.2) is 31.1 Å². The number of carbonyl (C=O) groups excluding carboxylic acids is 2. The molecular weight excluding hydrogens is 606 g/mol. The lowest BCUT2D eigenvalue weighted by atomic mass is 9.96. The monoisotopic (exact) mass is 637 g/mol. The molecule has 2 aliphatic heterocycles. The predicted molar refractivity (Wildman–Crippen MR) is 172 cm³/mol. The minimum atomic E-state index is -0.517. The first-order chi connectivity index (χ1) is 22.4. The van der Waals surface area contributed by atoms with Crippen molar-refractivity contribution in [2.75, 3.05) is 13.2 Å². The fourth-order valence-corrected chi connectivity index (χ4v) is 5.73. The summed E-state index contributed by atoms with van der Waals surface area (Å²) >= 11 is 6.73. The molecule has 1 fully saturated rings. The molecule has 0 aromatic heterocycles. The van der Waals surface area contributed by atoms with Crippen molar-refractivity contribution >= 4 is 23.4 Å². The summed E-state index contributed by atoms with van der Waals surface area (Å²) in [4.78, 5) is 23.9. The van der Waals surface area contributed by atoms with Gasteiger partial charge in [0.1, 0.15) is 37.9 Å². The molecule has 6 rings (SSSR count). The second-order valence-corrected chi connectivity index (χ2v) is 11.5. The number of piperidine rings is 1. The Labute approximate surface area is 272 Å². The molecule has 4 aromatic rings. The van der Waals surface area contributed by atoms with Crippen LogP contribution >= 0.6 is 11.6 Å². The van der Waals surface area contributed by atoms with Gasteiger partial charge in [-0.2, -0.15) is 5.26 Å². The van der Waals surface area contributed by atoms with Crippen molar-refractivity contribution in [1.29, 1.82) is 5.26 Å². The van der Waals surface area contributed by atoms with Crippen LogP contribution in [0.25, 0.3) is 11.1 Å². The number of carbonyl (C=O) groups is 2. The number of amides is 2. The second kappa shape index (κ2) is 13.9. The van der Waals surface area contributed by atoms with Gasteiger partial charge in [-0.3, -0.25) is 14.9 Å². The number of hydrogen-bond acceptors (Lipinski definition) is 8. The highest BCUT2D eigenvalue weighted by molar-refractivity contribution is 6.32. The van der Waals surface area contributed by atoms with E-state index in [9.17, 15) is 14.9 Å². The molecule has 4 aromatic carbocycles. The van der Waals surface area contributed by atoms with E-state index in [0.29, 0.717) is 41.7 Å². The first-order valence-corrected chi connectivity index (χ1v) is 15.4. The van der Waals surface area contributed by atoms with E-state index in [2.05, 4.69) is 29.7 Å². The van der Waals surface area contributed by atoms with Crippen LogP contribution in [0.4, 0.5) is 0 Å². The van der Waals surface area contributed by atoms with Crippen LogP contribution in [-0.2, 0) is 29.3 Å². The summed E-state index contributed by atoms with van der Waals surface area (Å²) in [6.45, 7) is 3.86. The molecule has 0 bridgehead atoms. The Balaban J connectivity index is 1.22. The van der Waals surface area contributed by atoms with E-state index in [1.54, 1.807) is 30.3 Å². The zero-order chi connectivity index (χ0) is 32.0. The molecule has 9 nitrogen and oxygen atoms in total. The van der Waals surface area contributed by atoms with Crippen molar-refractivity contribution in [3.05, 3.63) is 106 Å². The lowest BCUT2D eigenvalue weighted by Crippen LogP contribution is -2.50. The van der Waals surface area contributed by atoms with Crippen LogP contribution in [0.5, 0.6) is 23.0 Å². The zero-order valence-electron chi connectivity index (χ0n) is 25.2. The highest BCUT2D eigenvalue weighted by atomic mass is 35.5. The molecule has 2 amide bonds. The van der Waals surface area contributed by atoms with Gasteiger partial charge in [0.15, 0.2) is 11.5 Å². The number of imide groups is 1. The number of fused-ring (bicyclic) bond motifs is 1. The van der Waals surface area contributed by atoms with Crippen LogP contribution in [0, 0.1) is 18.3 Å². The van der Waals surface area contributed by atoms with Crippen molar-refractivity contribution in [2.24, 2.45) is 0 Å². The van der Waals surface area contributed by atoms with Crippen molar-refractivity contribution in [2.45, 2.75) is 45.6 Å². The molecule has 1 saturated heterocycles. The molecule has 0 spiro atoms. The maximum Gasteiger partial charge on any atom is 0.243 e. The molecule has 1 unspecified atom stereocenters. The Kier molecular flexibility index (Phi) is 9.38. The van der Waals surface area contributed by atoms with Gasteiger partial charge in [-0.1, -0.05) is 48.0 Å². The maximum atomic E-state index is 12.3. The van der Waals surface area contributed by atoms with E-state index in [0.717, 1.165) is 44.9 Å². The lowest BCUT2D eigenvalue weighted by Gasteiger charge is -2.23. The standard InChI is InChI=1S/C36H32ClN3O6/c1-22-26(6-3-7-28(22)25-8-10-31-34(16-25)44-13-12-43-31)21-46-33-17-32(45-20-24-5-2-4-23(14-24)18-38)27(15-29(33)37)19-39-30-9-11-35(41)40-36(30)42/h2-8,10,14-17,30,39H,9,11-13,19-21H2,1H3,(H,40,41,42). The Bertz CT molecular complexity index is 1840. The Morgan fingerprint density at radius 3 is 2.57 bits per heavy atom. The van der Waals surface area contributed by atoms with Gasteiger partial charge in [0.05, 0.1) is 22.7 Å². The van der Waals surface area contributed by atoms with Crippen molar-refractivity contribution in [3.8, 4) is 40.2 Å². The molecule has 0 aliphatic carbocycles. The molecule has 46 heavy (non-hydrogen) atoms. The number of ether oxygens (including phenoxy) is 4. The van der Waals surface area contributed by atoms with E-state index >= 15 is 0 Å². The number of halogens is 1. The smallest absolute Gasteiger partial charge is 0.243 e. The molecule has 0 radical (unpaired) electrons. The number of nitrogens with zero attached hydrogens (tertiary/aromatic N) is 1. The number of nitrogens with one attached hydrogen (secondary N) is 2. The average molecular weight is 638 g/mol. The highest BCUT2D eigenvalue weighted by Crippen LogP contribution is 2.37. The summed E-state index contributed by atoms with van der Waals surface area (Å²) in [6, 6.07) is 24.4. The molecule has 2 aliphatic rings. The molecule has 2 N–H and O–H groups in total. The largest absolute Gasteiger partial charge is 0.488 e. The molecular formula is C36H32ClN3O6. The van der Waals surface area contributed by atoms with Gasteiger partial charge in [0.25, 0.3) is 0 Å². The molecule has 0 saturated carbocycles. The maximum absolute atomic E-state index is 12.3. The highest BCUT2D eigenvalue weighted by Gasteiger charge is 2.26. The second-order valence-electron chi connectivity index (χ2n) is 11.1. The third-order valence-corrected chi connectivity index (χ3v) is 8.32. The first kappa shape index (κ1) is 31.0. The van der Waals surface area contributed by atoms with E-state index in [1.807, 2.05) is 36.4 Å². The fraction of sp³-hybridized carbons (Fsp3) is 0.250. The number of rotatable bonds is 10. The zero-order valence-corrected chi connectivity index (χ0v) is 26.0. The summed E-state index contributed by atoms with van der Waals surface area (Å²) in [6.07, 6.45) is 0.673. The first-order valence-electron chi connectivity index (χ1n) is 15.0. The third kappa shape index (κ3) is 7.09. The third-order valence-electron chi connectivity index (χ3n) is 8.03. The van der Waals surface area contributed by atoms with E-state index in [4.69, 9.17) is 30.5 Å². The van der Waals surface area contributed by atoms with Gasteiger partial charge in [-0.05, 0) is 71.5 Å². The van der Waals surface area contributed by atoms with Crippen molar-refractivity contribution in [3.63, 3.8) is 0 Å². The van der Waals surface area contributed by atoms with Gasteiger partial charge < -0.3 is 24.3 Å². The summed E-state index contributed by atoms with van der Waals surface area (Å²) in [5, 5.41) is 15.3. The predicted octanol–water partition coefficient (Wildman–Crippen LogP) is 6.01. The van der Waals surface area contributed by atoms with Crippen molar-refractivity contribution < 1.29 is 28.5 Å². The van der Waals surface area contributed by atoms with Crippen LogP contribution in [0.2, 0.25) is 5.02 Å². The number of benzene rings is 4. The minimum Gasteiger partial charge on any atom is -0.488 e. The van der Waals surface area contributed by atoms with Crippen LogP contribution in [0.15, 0.2) is 72.8 Å². The van der Waals surface area contributed by atoms with Crippen LogP contribution in [0.1, 0.15) is 40.7 Å².